The zero-order valence-corrected chi connectivity index (χ0v) is 53.3. The lowest BCUT2D eigenvalue weighted by Crippen LogP contribution is -2.03. The molecule has 12 nitrogen and oxygen atoms in total. The molecule has 0 heterocycles. The van der Waals surface area contributed by atoms with Gasteiger partial charge in [0.15, 0.2) is 12.6 Å². The second kappa shape index (κ2) is 36.2. The minimum absolute atomic E-state index is 0. The van der Waals surface area contributed by atoms with Crippen LogP contribution < -0.4 is 24.7 Å². The maximum absolute atomic E-state index is 11.2. The van der Waals surface area contributed by atoms with Crippen molar-refractivity contribution < 1.29 is 48.7 Å². The highest BCUT2D eigenvalue weighted by molar-refractivity contribution is 6.06. The van der Waals surface area contributed by atoms with E-state index >= 15 is 0 Å². The van der Waals surface area contributed by atoms with Crippen LogP contribution in [0.2, 0.25) is 0 Å². The average molecular weight is 1290 g/mol. The summed E-state index contributed by atoms with van der Waals surface area (Å²) < 4.78 is 23.6. The Morgan fingerprint density at radius 1 is 0.396 bits per heavy atom. The van der Waals surface area contributed by atoms with E-state index < -0.39 is 5.97 Å². The fourth-order valence-electron chi connectivity index (χ4n) is 10.4. The quantitative estimate of drug-likeness (QED) is 0.0753. The molecule has 0 amide bonds. The van der Waals surface area contributed by atoms with Crippen LogP contribution in [0.25, 0.3) is 53.9 Å². The number of nitrogens with two attached hydrogens (primary N) is 1. The first-order valence-electron chi connectivity index (χ1n) is 30.6. The number of nitrogens with zero attached hydrogens (tertiary/aromatic N) is 1. The number of carbonyl (C=O) groups excluding carboxylic acids is 2. The monoisotopic (exact) mass is 1290 g/mol. The predicted octanol–water partition coefficient (Wildman–Crippen LogP) is 20.4. The number of phenolic OH excluding ortho intramolecular Hbond substituents is 1. The van der Waals surface area contributed by atoms with Crippen molar-refractivity contribution in [2.24, 2.45) is 5.73 Å². The number of hydrogen-bond donors (Lipinski definition) is 4. The van der Waals surface area contributed by atoms with Gasteiger partial charge in [-0.3, -0.25) is 9.59 Å². The number of rotatable bonds is 14. The van der Waals surface area contributed by atoms with Crippen LogP contribution >= 0.6 is 12.4 Å². The minimum Gasteiger partial charge on any atom is -0.507 e. The Hall–Kier alpha value is -12.1. The van der Waals surface area contributed by atoms with Crippen LogP contribution in [0.3, 0.4) is 0 Å². The van der Waals surface area contributed by atoms with Crippen molar-refractivity contribution >= 4 is 84.8 Å². The standard InChI is InChI=1S/C18H17NO.C18H13NO.C17H12O3.C17H12O2.C11H8O2.C2H6O.ClH/c2*19-13-12-14-10-11-18(17-9-5-4-8-16(14)17)20-15-6-2-1-3-7-15;18-17(19)15-10-11-16(14-9-5-4-8-13(14)15)20-12-6-2-1-3-7-12;18-12-13-10-11-17(16-9-5-4-8-15(13)16)19-14-6-2-1-3-7-14;12-7-8-5-6-11(13)10-4-2-1-3-9(8)10;1-2-3;/h1-11H,12-13,19H2;1-11H,12H2;1-11H,(H,18,19);1-12H;1-7,13H;3H,2H2,1H3;1H. The van der Waals surface area contributed by atoms with E-state index in [-0.39, 0.29) is 30.3 Å². The number of hydrogen-bond acceptors (Lipinski definition) is 11. The summed E-state index contributed by atoms with van der Waals surface area (Å²) in [5.41, 5.74) is 9.54. The van der Waals surface area contributed by atoms with Gasteiger partial charge in [-0.15, -0.1) is 12.4 Å². The number of ether oxygens (including phenoxy) is 4. The van der Waals surface area contributed by atoms with Gasteiger partial charge in [0.05, 0.1) is 18.1 Å². The van der Waals surface area contributed by atoms with E-state index in [9.17, 15) is 24.6 Å². The number of fused-ring (bicyclic) bond motifs is 5. The summed E-state index contributed by atoms with van der Waals surface area (Å²) >= 11 is 0. The summed E-state index contributed by atoms with van der Waals surface area (Å²) in [6.45, 7) is 2.59. The number of aromatic carboxylic acids is 1. The van der Waals surface area contributed by atoms with E-state index in [0.717, 1.165) is 103 Å². The van der Waals surface area contributed by atoms with Crippen molar-refractivity contribution in [1.29, 1.82) is 5.26 Å². The first-order valence-corrected chi connectivity index (χ1v) is 30.6. The number of phenols is 1. The van der Waals surface area contributed by atoms with E-state index in [1.54, 1.807) is 43.3 Å². The number of aldehydes is 2. The number of nitriles is 1. The highest BCUT2D eigenvalue weighted by Crippen LogP contribution is 2.36. The molecule has 0 atom stereocenters. The molecule has 0 aliphatic rings. The highest BCUT2D eigenvalue weighted by atomic mass is 35.5. The molecule has 14 aromatic carbocycles. The third-order valence-electron chi connectivity index (χ3n) is 14.7. The third-order valence-corrected chi connectivity index (χ3v) is 14.7. The SMILES string of the molecule is CCO.Cl.N#CCc1ccc(Oc2ccccc2)c2ccccc12.NCCc1ccc(Oc2ccccc2)c2ccccc12.O=C(O)c1ccc(Oc2ccccc2)c2ccccc12.O=Cc1ccc(O)c2ccccc12.O=Cc1ccc(Oc2ccccc2)c2ccccc12. The second-order valence-electron chi connectivity index (χ2n) is 21.0. The number of aliphatic hydroxyl groups excluding tert-OH is 1. The number of benzene rings is 14. The molecule has 0 spiro atoms. The van der Waals surface area contributed by atoms with Crippen LogP contribution in [0.15, 0.2) is 303 Å². The lowest BCUT2D eigenvalue weighted by atomic mass is 10.0. The van der Waals surface area contributed by atoms with Gasteiger partial charge in [0.25, 0.3) is 0 Å². The van der Waals surface area contributed by atoms with Crippen LogP contribution in [0.5, 0.6) is 51.7 Å². The Kier molecular flexibility index (Phi) is 26.3. The van der Waals surface area contributed by atoms with E-state index in [2.05, 4.69) is 30.3 Å². The zero-order chi connectivity index (χ0) is 66.6. The fraction of sp³-hybridized carbons (Fsp3) is 0.0602. The number of carboxylic acid groups (broad SMARTS) is 1. The average Bonchev–Trinajstić information content (AvgIpc) is 0.836. The van der Waals surface area contributed by atoms with Crippen LogP contribution in [0.1, 0.15) is 49.1 Å². The predicted molar refractivity (Wildman–Crippen MR) is 387 cm³/mol. The molecule has 0 aromatic heterocycles. The lowest BCUT2D eigenvalue weighted by Gasteiger charge is -2.12. The maximum Gasteiger partial charge on any atom is 0.336 e. The van der Waals surface area contributed by atoms with Crippen LogP contribution in [-0.2, 0) is 12.8 Å². The minimum atomic E-state index is -0.938. The van der Waals surface area contributed by atoms with Crippen molar-refractivity contribution in [2.75, 3.05) is 13.2 Å². The first-order chi connectivity index (χ1) is 46.6. The third kappa shape index (κ3) is 18.6. The Labute approximate surface area is 563 Å². The van der Waals surface area contributed by atoms with Crippen molar-refractivity contribution in [2.45, 2.75) is 19.8 Å². The van der Waals surface area contributed by atoms with E-state index in [4.69, 9.17) is 35.0 Å². The van der Waals surface area contributed by atoms with E-state index in [1.807, 2.05) is 237 Å². The normalized spacial score (nSPS) is 10.1. The van der Waals surface area contributed by atoms with Gasteiger partial charge in [0, 0.05) is 44.7 Å². The number of halogens is 1. The molecular formula is C83H69ClN2O10. The maximum atomic E-state index is 11.2. The number of aliphatic hydroxyl groups is 1. The van der Waals surface area contributed by atoms with Gasteiger partial charge in [-0.1, -0.05) is 206 Å². The van der Waals surface area contributed by atoms with Crippen molar-refractivity contribution in [3.63, 3.8) is 0 Å². The molecule has 0 fully saturated rings. The molecule has 0 saturated heterocycles. The van der Waals surface area contributed by atoms with Crippen molar-refractivity contribution in [3.8, 4) is 57.8 Å². The van der Waals surface area contributed by atoms with Gasteiger partial charge >= 0.3 is 5.97 Å². The fourth-order valence-corrected chi connectivity index (χ4v) is 10.4. The van der Waals surface area contributed by atoms with Gasteiger partial charge in [-0.05, 0) is 155 Å². The Morgan fingerprint density at radius 2 is 0.688 bits per heavy atom. The lowest BCUT2D eigenvalue weighted by molar-refractivity contribution is 0.0698. The number of para-hydroxylation sites is 4. The molecule has 96 heavy (non-hydrogen) atoms. The summed E-state index contributed by atoms with van der Waals surface area (Å²) in [4.78, 5) is 32.9. The smallest absolute Gasteiger partial charge is 0.336 e. The van der Waals surface area contributed by atoms with Crippen LogP contribution in [0, 0.1) is 11.3 Å². The van der Waals surface area contributed by atoms with Crippen LogP contribution in [-0.4, -0.2) is 47.0 Å². The molecule has 0 radical (unpaired) electrons. The zero-order valence-electron chi connectivity index (χ0n) is 52.5. The second-order valence-corrected chi connectivity index (χ2v) is 21.0. The van der Waals surface area contributed by atoms with Crippen molar-refractivity contribution in [3.05, 3.63) is 331 Å². The van der Waals surface area contributed by atoms with E-state index in [1.165, 1.54) is 17.0 Å². The largest absolute Gasteiger partial charge is 0.507 e. The molecular weight excluding hydrogens is 1220 g/mol. The summed E-state index contributed by atoms with van der Waals surface area (Å²) in [5.74, 6) is 5.54. The Balaban J connectivity index is 0.000000152. The molecule has 14 aromatic rings. The molecule has 13 heteroatoms. The molecule has 5 N–H and O–H groups in total. The molecule has 0 aliphatic carbocycles. The Bertz CT molecular complexity index is 4880. The molecule has 0 bridgehead atoms. The molecule has 0 saturated carbocycles. The van der Waals surface area contributed by atoms with Gasteiger partial charge in [0.2, 0.25) is 0 Å². The number of carboxylic acids is 1. The van der Waals surface area contributed by atoms with Gasteiger partial charge in [-0.2, -0.15) is 5.26 Å². The highest BCUT2D eigenvalue weighted by Gasteiger charge is 2.14. The van der Waals surface area contributed by atoms with Crippen molar-refractivity contribution in [1.82, 2.24) is 0 Å². The topological polar surface area (TPSA) is 199 Å². The molecule has 0 unspecified atom stereocenters. The number of carbonyl (C=O) groups is 3. The first kappa shape index (κ1) is 69.8. The van der Waals surface area contributed by atoms with Gasteiger partial charge < -0.3 is 40.0 Å². The summed E-state index contributed by atoms with van der Waals surface area (Å²) in [5, 5.41) is 44.4. The van der Waals surface area contributed by atoms with Gasteiger partial charge in [0.1, 0.15) is 51.7 Å². The Morgan fingerprint density at radius 3 is 1.07 bits per heavy atom. The summed E-state index contributed by atoms with van der Waals surface area (Å²) in [6.07, 6.45) is 2.95. The number of aromatic hydroxyl groups is 1. The molecule has 478 valence electrons. The molecule has 14 rings (SSSR count). The van der Waals surface area contributed by atoms with Crippen LogP contribution in [0.4, 0.5) is 0 Å². The molecule has 0 aliphatic heterocycles. The summed E-state index contributed by atoms with van der Waals surface area (Å²) in [6, 6.07) is 97.5. The van der Waals surface area contributed by atoms with E-state index in [0.29, 0.717) is 40.6 Å². The van der Waals surface area contributed by atoms with Gasteiger partial charge in [-0.25, -0.2) is 4.79 Å². The summed E-state index contributed by atoms with van der Waals surface area (Å²) in [7, 11) is 0.